The fourth-order valence-corrected chi connectivity index (χ4v) is 2.79. The van der Waals surface area contributed by atoms with Crippen LogP contribution in [0, 0.1) is 5.92 Å². The SMILES string of the molecule is CCC(CC(=O)c1ccc2c(c1)SNC(=O)C2)C(=O)O. The van der Waals surface area contributed by atoms with Gasteiger partial charge in [-0.15, -0.1) is 0 Å². The lowest BCUT2D eigenvalue weighted by atomic mass is 9.95. The zero-order valence-electron chi connectivity index (χ0n) is 11.0. The molecule has 0 saturated carbocycles. The minimum absolute atomic E-state index is 0.00163. The fraction of sp³-hybridized carbons (Fsp3) is 0.357. The van der Waals surface area contributed by atoms with Crippen LogP contribution in [-0.2, 0) is 16.0 Å². The molecule has 2 rings (SSSR count). The van der Waals surface area contributed by atoms with E-state index in [1.54, 1.807) is 25.1 Å². The predicted octanol–water partition coefficient (Wildman–Crippen LogP) is 2.05. The van der Waals surface area contributed by atoms with Gasteiger partial charge >= 0.3 is 5.97 Å². The number of nitrogens with one attached hydrogen (secondary N) is 1. The number of rotatable bonds is 5. The molecule has 1 aromatic rings. The van der Waals surface area contributed by atoms with Crippen molar-refractivity contribution in [3.05, 3.63) is 29.3 Å². The highest BCUT2D eigenvalue weighted by atomic mass is 32.2. The third-order valence-corrected chi connectivity index (χ3v) is 4.22. The number of carbonyl (C=O) groups is 3. The van der Waals surface area contributed by atoms with E-state index in [1.807, 2.05) is 0 Å². The van der Waals surface area contributed by atoms with Crippen molar-refractivity contribution in [1.82, 2.24) is 4.72 Å². The molecule has 1 aliphatic rings. The second-order valence-electron chi connectivity index (χ2n) is 4.70. The summed E-state index contributed by atoms with van der Waals surface area (Å²) in [6.07, 6.45) is 0.738. The van der Waals surface area contributed by atoms with Crippen molar-refractivity contribution in [3.63, 3.8) is 0 Å². The highest BCUT2D eigenvalue weighted by molar-refractivity contribution is 7.98. The van der Waals surface area contributed by atoms with Crippen molar-refractivity contribution in [2.75, 3.05) is 0 Å². The molecular formula is C14H15NO4S. The van der Waals surface area contributed by atoms with Crippen LogP contribution in [0.5, 0.6) is 0 Å². The van der Waals surface area contributed by atoms with Gasteiger partial charge in [-0.05, 0) is 30.0 Å². The number of amides is 1. The topological polar surface area (TPSA) is 83.5 Å². The Morgan fingerprint density at radius 1 is 1.45 bits per heavy atom. The van der Waals surface area contributed by atoms with E-state index in [9.17, 15) is 14.4 Å². The molecule has 1 atom stereocenters. The predicted molar refractivity (Wildman–Crippen MR) is 74.5 cm³/mol. The minimum atomic E-state index is -0.944. The van der Waals surface area contributed by atoms with E-state index in [0.717, 1.165) is 10.5 Å². The third kappa shape index (κ3) is 3.19. The number of Topliss-reactive ketones (excluding diaryl/α,β-unsaturated/α-hetero) is 1. The molecule has 106 valence electrons. The molecule has 20 heavy (non-hydrogen) atoms. The molecule has 1 aliphatic heterocycles. The van der Waals surface area contributed by atoms with Crippen LogP contribution < -0.4 is 4.72 Å². The van der Waals surface area contributed by atoms with Gasteiger partial charge in [0.05, 0.1) is 12.3 Å². The Bertz CT molecular complexity index is 570. The molecule has 2 N–H and O–H groups in total. The van der Waals surface area contributed by atoms with Gasteiger partial charge in [0.25, 0.3) is 0 Å². The Hall–Kier alpha value is -1.82. The summed E-state index contributed by atoms with van der Waals surface area (Å²) in [6, 6.07) is 5.14. The van der Waals surface area contributed by atoms with E-state index in [0.29, 0.717) is 18.4 Å². The maximum absolute atomic E-state index is 12.1. The van der Waals surface area contributed by atoms with E-state index in [1.165, 1.54) is 11.9 Å². The average Bonchev–Trinajstić information content (AvgIpc) is 2.43. The summed E-state index contributed by atoms with van der Waals surface area (Å²) < 4.78 is 2.65. The molecule has 0 fully saturated rings. The van der Waals surface area contributed by atoms with Gasteiger partial charge in [0.2, 0.25) is 5.91 Å². The number of ketones is 1. The molecule has 0 spiro atoms. The molecule has 1 unspecified atom stereocenters. The Morgan fingerprint density at radius 3 is 2.85 bits per heavy atom. The number of fused-ring (bicyclic) bond motifs is 1. The standard InChI is InChI=1S/C14H15NO4S/c1-2-8(14(18)19)5-11(16)9-3-4-10-7-13(17)15-20-12(10)6-9/h3-4,6,8H,2,5,7H2,1H3,(H,15,17)(H,18,19). The third-order valence-electron chi connectivity index (χ3n) is 3.29. The van der Waals surface area contributed by atoms with E-state index in [2.05, 4.69) is 4.72 Å². The fourth-order valence-electron chi connectivity index (χ4n) is 2.04. The lowest BCUT2D eigenvalue weighted by molar-refractivity contribution is -0.141. The van der Waals surface area contributed by atoms with E-state index in [4.69, 9.17) is 5.11 Å². The lowest BCUT2D eigenvalue weighted by Gasteiger charge is -2.16. The molecule has 1 amide bonds. The first kappa shape index (κ1) is 14.6. The Morgan fingerprint density at radius 2 is 2.20 bits per heavy atom. The zero-order chi connectivity index (χ0) is 14.7. The Kier molecular flexibility index (Phi) is 4.44. The zero-order valence-corrected chi connectivity index (χ0v) is 11.8. The maximum Gasteiger partial charge on any atom is 0.306 e. The number of hydrogen-bond donors (Lipinski definition) is 2. The molecule has 0 aliphatic carbocycles. The Balaban J connectivity index is 2.15. The smallest absolute Gasteiger partial charge is 0.306 e. The number of carboxylic acids is 1. The van der Waals surface area contributed by atoms with Gasteiger partial charge in [0, 0.05) is 16.9 Å². The molecule has 0 radical (unpaired) electrons. The van der Waals surface area contributed by atoms with Crippen molar-refractivity contribution in [3.8, 4) is 0 Å². The van der Waals surface area contributed by atoms with Crippen LogP contribution in [-0.4, -0.2) is 22.8 Å². The van der Waals surface area contributed by atoms with Crippen LogP contribution in [0.2, 0.25) is 0 Å². The number of hydrogen-bond acceptors (Lipinski definition) is 4. The maximum atomic E-state index is 12.1. The van der Waals surface area contributed by atoms with Gasteiger partial charge in [0.1, 0.15) is 0 Å². The van der Waals surface area contributed by atoms with Gasteiger partial charge in [0.15, 0.2) is 5.78 Å². The van der Waals surface area contributed by atoms with Gasteiger partial charge < -0.3 is 5.11 Å². The van der Waals surface area contributed by atoms with E-state index >= 15 is 0 Å². The van der Waals surface area contributed by atoms with Gasteiger partial charge in [-0.2, -0.15) is 0 Å². The number of aliphatic carboxylic acids is 1. The molecule has 0 saturated heterocycles. The summed E-state index contributed by atoms with van der Waals surface area (Å²) >= 11 is 1.19. The first-order chi connectivity index (χ1) is 9.51. The van der Waals surface area contributed by atoms with Gasteiger partial charge in [-0.1, -0.05) is 19.1 Å². The first-order valence-corrected chi connectivity index (χ1v) is 7.17. The largest absolute Gasteiger partial charge is 0.481 e. The second-order valence-corrected chi connectivity index (χ2v) is 5.55. The molecule has 0 bridgehead atoms. The van der Waals surface area contributed by atoms with Crippen LogP contribution in [0.3, 0.4) is 0 Å². The second kappa shape index (κ2) is 6.09. The summed E-state index contributed by atoms with van der Waals surface area (Å²) in [7, 11) is 0. The highest BCUT2D eigenvalue weighted by Gasteiger charge is 2.22. The summed E-state index contributed by atoms with van der Waals surface area (Å²) in [6.45, 7) is 1.75. The molecular weight excluding hydrogens is 278 g/mol. The first-order valence-electron chi connectivity index (χ1n) is 6.36. The summed E-state index contributed by atoms with van der Waals surface area (Å²) in [5.74, 6) is -1.83. The van der Waals surface area contributed by atoms with Crippen molar-refractivity contribution in [2.45, 2.75) is 31.1 Å². The summed E-state index contributed by atoms with van der Waals surface area (Å²) in [5, 5.41) is 8.99. The normalized spacial score (nSPS) is 15.2. The molecule has 0 aromatic heterocycles. The van der Waals surface area contributed by atoms with Crippen molar-refractivity contribution in [2.24, 2.45) is 5.92 Å². The number of benzene rings is 1. The van der Waals surface area contributed by atoms with E-state index < -0.39 is 11.9 Å². The van der Waals surface area contributed by atoms with Crippen molar-refractivity contribution >= 4 is 29.6 Å². The Labute approximate surface area is 120 Å². The van der Waals surface area contributed by atoms with E-state index in [-0.39, 0.29) is 18.1 Å². The lowest BCUT2D eigenvalue weighted by Crippen LogP contribution is -2.23. The minimum Gasteiger partial charge on any atom is -0.481 e. The summed E-state index contributed by atoms with van der Waals surface area (Å²) in [4.78, 5) is 35.2. The van der Waals surface area contributed by atoms with Crippen LogP contribution in [0.25, 0.3) is 0 Å². The molecule has 1 heterocycles. The van der Waals surface area contributed by atoms with Crippen LogP contribution in [0.15, 0.2) is 23.1 Å². The number of carbonyl (C=O) groups excluding carboxylic acids is 2. The van der Waals surface area contributed by atoms with Crippen LogP contribution in [0.1, 0.15) is 35.7 Å². The molecule has 5 nitrogen and oxygen atoms in total. The van der Waals surface area contributed by atoms with Crippen molar-refractivity contribution in [1.29, 1.82) is 0 Å². The monoisotopic (exact) mass is 293 g/mol. The van der Waals surface area contributed by atoms with Crippen LogP contribution in [0.4, 0.5) is 0 Å². The van der Waals surface area contributed by atoms with Crippen molar-refractivity contribution < 1.29 is 19.5 Å². The average molecular weight is 293 g/mol. The van der Waals surface area contributed by atoms with Gasteiger partial charge in [-0.3, -0.25) is 19.1 Å². The molecule has 1 aromatic carbocycles. The summed E-state index contributed by atoms with van der Waals surface area (Å²) in [5.41, 5.74) is 1.38. The quantitative estimate of drug-likeness (QED) is 0.641. The number of carboxylic acid groups (broad SMARTS) is 1. The van der Waals surface area contributed by atoms with Gasteiger partial charge in [-0.25, -0.2) is 0 Å². The van der Waals surface area contributed by atoms with Crippen LogP contribution >= 0.6 is 11.9 Å². The highest BCUT2D eigenvalue weighted by Crippen LogP contribution is 2.27. The molecule has 6 heteroatoms.